The lowest BCUT2D eigenvalue weighted by Gasteiger charge is -2.11. The summed E-state index contributed by atoms with van der Waals surface area (Å²) in [5, 5.41) is 0. The minimum Gasteiger partial charge on any atom is -0.493 e. The summed E-state index contributed by atoms with van der Waals surface area (Å²) in [6.45, 7) is 2.11. The lowest BCUT2D eigenvalue weighted by molar-refractivity contribution is -0.141. The predicted molar refractivity (Wildman–Crippen MR) is 66.5 cm³/mol. The van der Waals surface area contributed by atoms with E-state index >= 15 is 0 Å². The van der Waals surface area contributed by atoms with Gasteiger partial charge in [0, 0.05) is 5.56 Å². The summed E-state index contributed by atoms with van der Waals surface area (Å²) in [6, 6.07) is 7.27. The Kier molecular flexibility index (Phi) is 3.78. The lowest BCUT2D eigenvalue weighted by atomic mass is 10.1. The maximum atomic E-state index is 12.7. The number of halogens is 3. The number of H-pyrrole nitrogens is 1. The first-order valence-corrected chi connectivity index (χ1v) is 5.82. The summed E-state index contributed by atoms with van der Waals surface area (Å²) in [5.41, 5.74) is -1.93. The second kappa shape index (κ2) is 5.36. The van der Waals surface area contributed by atoms with E-state index in [9.17, 15) is 18.0 Å². The molecule has 0 saturated heterocycles. The van der Waals surface area contributed by atoms with Gasteiger partial charge >= 0.3 is 11.9 Å². The second-order valence-electron chi connectivity index (χ2n) is 3.91. The van der Waals surface area contributed by atoms with Gasteiger partial charge in [0.2, 0.25) is 0 Å². The van der Waals surface area contributed by atoms with Crippen LogP contribution in [0, 0.1) is 0 Å². The molecule has 4 nitrogen and oxygen atoms in total. The molecule has 0 amide bonds. The van der Waals surface area contributed by atoms with Crippen molar-refractivity contribution < 1.29 is 17.9 Å². The third-order valence-corrected chi connectivity index (χ3v) is 2.51. The number of nitrogens with zero attached hydrogens (tertiary/aromatic N) is 1. The first-order valence-electron chi connectivity index (χ1n) is 5.82. The van der Waals surface area contributed by atoms with Gasteiger partial charge < -0.3 is 9.72 Å². The molecule has 1 aromatic heterocycles. The van der Waals surface area contributed by atoms with Gasteiger partial charge in [0.05, 0.1) is 12.3 Å². The first kappa shape index (κ1) is 14.1. The Labute approximate surface area is 112 Å². The SMILES string of the molecule is CCOc1ccccc1-c1cc(C(F)(F)F)[nH]c(=O)n1. The van der Waals surface area contributed by atoms with E-state index < -0.39 is 17.6 Å². The van der Waals surface area contributed by atoms with E-state index in [4.69, 9.17) is 4.74 Å². The fraction of sp³-hybridized carbons (Fsp3) is 0.231. The minimum absolute atomic E-state index is 0.0786. The average Bonchev–Trinajstić information content (AvgIpc) is 2.38. The van der Waals surface area contributed by atoms with Crippen LogP contribution in [-0.4, -0.2) is 16.6 Å². The summed E-state index contributed by atoms with van der Waals surface area (Å²) in [7, 11) is 0. The van der Waals surface area contributed by atoms with E-state index in [1.165, 1.54) is 0 Å². The van der Waals surface area contributed by atoms with Crippen molar-refractivity contribution in [2.75, 3.05) is 6.61 Å². The van der Waals surface area contributed by atoms with Crippen molar-refractivity contribution in [2.24, 2.45) is 0 Å². The molecule has 1 N–H and O–H groups in total. The molecule has 106 valence electrons. The van der Waals surface area contributed by atoms with Gasteiger partial charge in [-0.15, -0.1) is 0 Å². The molecule has 7 heteroatoms. The number of rotatable bonds is 3. The third kappa shape index (κ3) is 2.98. The van der Waals surface area contributed by atoms with Gasteiger partial charge in [-0.1, -0.05) is 12.1 Å². The van der Waals surface area contributed by atoms with E-state index in [2.05, 4.69) is 4.98 Å². The lowest BCUT2D eigenvalue weighted by Crippen LogP contribution is -2.19. The summed E-state index contributed by atoms with van der Waals surface area (Å²) >= 11 is 0. The second-order valence-corrected chi connectivity index (χ2v) is 3.91. The minimum atomic E-state index is -4.64. The number of hydrogen-bond donors (Lipinski definition) is 1. The summed E-state index contributed by atoms with van der Waals surface area (Å²) in [4.78, 5) is 16.5. The zero-order valence-corrected chi connectivity index (χ0v) is 10.5. The fourth-order valence-electron chi connectivity index (χ4n) is 1.71. The van der Waals surface area contributed by atoms with Crippen LogP contribution in [0.4, 0.5) is 13.2 Å². The van der Waals surface area contributed by atoms with Crippen LogP contribution in [-0.2, 0) is 6.18 Å². The number of ether oxygens (including phenoxy) is 1. The quantitative estimate of drug-likeness (QED) is 0.943. The van der Waals surface area contributed by atoms with Gasteiger partial charge in [0.15, 0.2) is 0 Å². The molecule has 0 radical (unpaired) electrons. The first-order chi connectivity index (χ1) is 9.41. The van der Waals surface area contributed by atoms with E-state index in [1.807, 2.05) is 0 Å². The predicted octanol–water partition coefficient (Wildman–Crippen LogP) is 2.85. The molecular weight excluding hydrogens is 273 g/mol. The zero-order valence-electron chi connectivity index (χ0n) is 10.5. The Morgan fingerprint density at radius 2 is 2.00 bits per heavy atom. The van der Waals surface area contributed by atoms with Crippen LogP contribution in [0.1, 0.15) is 12.6 Å². The highest BCUT2D eigenvalue weighted by molar-refractivity contribution is 5.67. The van der Waals surface area contributed by atoms with Crippen molar-refractivity contribution in [2.45, 2.75) is 13.1 Å². The maximum absolute atomic E-state index is 12.7. The molecule has 2 rings (SSSR count). The largest absolute Gasteiger partial charge is 0.493 e. The Morgan fingerprint density at radius 3 is 2.65 bits per heavy atom. The van der Waals surface area contributed by atoms with Crippen LogP contribution in [0.25, 0.3) is 11.3 Å². The molecule has 0 aliphatic carbocycles. The molecule has 1 aromatic carbocycles. The van der Waals surface area contributed by atoms with Crippen molar-refractivity contribution in [3.8, 4) is 17.0 Å². The van der Waals surface area contributed by atoms with Gasteiger partial charge in [0.25, 0.3) is 0 Å². The molecule has 20 heavy (non-hydrogen) atoms. The van der Waals surface area contributed by atoms with Gasteiger partial charge in [-0.05, 0) is 25.1 Å². The standard InChI is InChI=1S/C13H11F3N2O2/c1-2-20-10-6-4-3-5-8(10)9-7-11(13(14,15)16)18-12(19)17-9/h3-7H,2H2,1H3,(H,17,18,19). The highest BCUT2D eigenvalue weighted by Gasteiger charge is 2.32. The number of aromatic amines is 1. The van der Waals surface area contributed by atoms with Crippen molar-refractivity contribution in [3.63, 3.8) is 0 Å². The van der Waals surface area contributed by atoms with Crippen molar-refractivity contribution in [3.05, 3.63) is 46.5 Å². The van der Waals surface area contributed by atoms with Crippen LogP contribution in [0.5, 0.6) is 5.75 Å². The molecule has 0 bridgehead atoms. The molecule has 0 fully saturated rings. The number of para-hydroxylation sites is 1. The Morgan fingerprint density at radius 1 is 1.30 bits per heavy atom. The molecule has 0 aliphatic rings. The van der Waals surface area contributed by atoms with Gasteiger partial charge in [-0.25, -0.2) is 4.79 Å². The van der Waals surface area contributed by atoms with Crippen LogP contribution in [0.15, 0.2) is 35.1 Å². The molecule has 2 aromatic rings. The van der Waals surface area contributed by atoms with Crippen molar-refractivity contribution >= 4 is 0 Å². The molecule has 0 spiro atoms. The zero-order chi connectivity index (χ0) is 14.8. The van der Waals surface area contributed by atoms with Crippen LogP contribution in [0.2, 0.25) is 0 Å². The van der Waals surface area contributed by atoms with E-state index in [1.54, 1.807) is 36.2 Å². The monoisotopic (exact) mass is 284 g/mol. The fourth-order valence-corrected chi connectivity index (χ4v) is 1.71. The van der Waals surface area contributed by atoms with E-state index in [0.29, 0.717) is 17.9 Å². The number of hydrogen-bond acceptors (Lipinski definition) is 3. The van der Waals surface area contributed by atoms with Gasteiger partial charge in [0.1, 0.15) is 11.4 Å². The van der Waals surface area contributed by atoms with Crippen LogP contribution < -0.4 is 10.4 Å². The number of benzene rings is 1. The van der Waals surface area contributed by atoms with Crippen molar-refractivity contribution in [1.29, 1.82) is 0 Å². The Bertz CT molecular complexity index is 665. The molecular formula is C13H11F3N2O2. The third-order valence-electron chi connectivity index (χ3n) is 2.51. The van der Waals surface area contributed by atoms with Crippen LogP contribution in [0.3, 0.4) is 0 Å². The summed E-state index contributed by atoms with van der Waals surface area (Å²) < 4.78 is 43.4. The number of aromatic nitrogens is 2. The summed E-state index contributed by atoms with van der Waals surface area (Å²) in [6.07, 6.45) is -4.64. The maximum Gasteiger partial charge on any atom is 0.431 e. The topological polar surface area (TPSA) is 55.0 Å². The van der Waals surface area contributed by atoms with Crippen LogP contribution >= 0.6 is 0 Å². The van der Waals surface area contributed by atoms with Gasteiger partial charge in [-0.2, -0.15) is 18.2 Å². The highest BCUT2D eigenvalue weighted by atomic mass is 19.4. The molecule has 1 heterocycles. The smallest absolute Gasteiger partial charge is 0.431 e. The van der Waals surface area contributed by atoms with Gasteiger partial charge in [-0.3, -0.25) is 0 Å². The number of nitrogens with one attached hydrogen (secondary N) is 1. The van der Waals surface area contributed by atoms with Crippen molar-refractivity contribution in [1.82, 2.24) is 9.97 Å². The van der Waals surface area contributed by atoms with E-state index in [-0.39, 0.29) is 5.69 Å². The summed E-state index contributed by atoms with van der Waals surface area (Å²) in [5.74, 6) is 0.376. The Hall–Kier alpha value is -2.31. The molecule has 0 unspecified atom stereocenters. The number of alkyl halides is 3. The average molecular weight is 284 g/mol. The van der Waals surface area contributed by atoms with E-state index in [0.717, 1.165) is 6.07 Å². The normalized spacial score (nSPS) is 11.4. The Balaban J connectivity index is 2.59. The molecule has 0 aliphatic heterocycles. The molecule has 0 saturated carbocycles. The highest BCUT2D eigenvalue weighted by Crippen LogP contribution is 2.32. The molecule has 0 atom stereocenters.